The van der Waals surface area contributed by atoms with Gasteiger partial charge in [0.25, 0.3) is 0 Å². The number of benzene rings is 4. The highest BCUT2D eigenvalue weighted by atomic mass is 35.5. The van der Waals surface area contributed by atoms with Gasteiger partial charge in [-0.2, -0.15) is 0 Å². The molecule has 5 aromatic rings. The van der Waals surface area contributed by atoms with E-state index in [2.05, 4.69) is 15.6 Å². The van der Waals surface area contributed by atoms with Crippen LogP contribution in [0.4, 0.5) is 0 Å². The maximum absolute atomic E-state index is 12.2. The Morgan fingerprint density at radius 2 is 1.68 bits per heavy atom. The first-order valence-electron chi connectivity index (χ1n) is 13.6. The lowest BCUT2D eigenvalue weighted by molar-refractivity contribution is -0.146. The molecule has 1 aromatic heterocycles. The normalized spacial score (nSPS) is 11.5. The molecule has 4 aromatic carbocycles. The molecule has 1 heterocycles. The number of aromatic nitrogens is 2. The lowest BCUT2D eigenvalue weighted by Gasteiger charge is -2.19. The molecular formula is C32H30Cl3N3O6. The quantitative estimate of drug-likeness (QED) is 0.132. The van der Waals surface area contributed by atoms with Gasteiger partial charge in [-0.25, -0.2) is 4.63 Å². The highest BCUT2D eigenvalue weighted by Crippen LogP contribution is 2.36. The van der Waals surface area contributed by atoms with Crippen LogP contribution in [0, 0.1) is 0 Å². The molecule has 0 aliphatic carbocycles. The molecule has 0 fully saturated rings. The third-order valence-electron chi connectivity index (χ3n) is 6.67. The minimum atomic E-state index is -0.913. The van der Waals surface area contributed by atoms with Crippen LogP contribution in [0.5, 0.6) is 11.5 Å². The number of rotatable bonds is 13. The van der Waals surface area contributed by atoms with E-state index >= 15 is 0 Å². The van der Waals surface area contributed by atoms with Crippen LogP contribution in [0.25, 0.3) is 22.2 Å². The van der Waals surface area contributed by atoms with E-state index in [-0.39, 0.29) is 38.8 Å². The van der Waals surface area contributed by atoms with Gasteiger partial charge in [-0.3, -0.25) is 10.1 Å². The van der Waals surface area contributed by atoms with E-state index in [0.717, 1.165) is 22.3 Å². The van der Waals surface area contributed by atoms with Gasteiger partial charge >= 0.3 is 5.97 Å². The summed E-state index contributed by atoms with van der Waals surface area (Å²) in [5.74, 6) is 0.305. The molecule has 2 N–H and O–H groups in total. The van der Waals surface area contributed by atoms with E-state index in [4.69, 9.17) is 42.0 Å². The van der Waals surface area contributed by atoms with Crippen molar-refractivity contribution in [3.05, 3.63) is 106 Å². The first-order chi connectivity index (χ1) is 21.0. The van der Waals surface area contributed by atoms with Gasteiger partial charge in [0, 0.05) is 29.3 Å². The average molecular weight is 659 g/mol. The molecule has 230 valence electrons. The molecule has 12 heteroatoms. The van der Waals surface area contributed by atoms with Crippen LogP contribution in [0.1, 0.15) is 23.6 Å². The predicted octanol–water partition coefficient (Wildman–Crippen LogP) is 6.79. The Bertz CT molecular complexity index is 1700. The molecule has 0 spiro atoms. The summed E-state index contributed by atoms with van der Waals surface area (Å²) in [6, 6.07) is 23.6. The number of fused-ring (bicyclic) bond motifs is 1. The second-order valence-corrected chi connectivity index (χ2v) is 10.4. The number of esters is 1. The van der Waals surface area contributed by atoms with Crippen molar-refractivity contribution < 1.29 is 28.7 Å². The highest BCUT2D eigenvalue weighted by Gasteiger charge is 2.20. The topological polar surface area (TPSA) is 116 Å². The zero-order valence-corrected chi connectivity index (χ0v) is 26.0. The summed E-state index contributed by atoms with van der Waals surface area (Å²) in [6.07, 6.45) is 0. The van der Waals surface area contributed by atoms with Gasteiger partial charge in [0.15, 0.2) is 0 Å². The number of halogens is 3. The lowest BCUT2D eigenvalue weighted by atomic mass is 10.0. The van der Waals surface area contributed by atoms with Crippen LogP contribution in [0.15, 0.2) is 83.5 Å². The van der Waals surface area contributed by atoms with Crippen molar-refractivity contribution in [1.82, 2.24) is 15.6 Å². The number of hydrogen-bond acceptors (Lipinski definition) is 9. The minimum absolute atomic E-state index is 0. The molecule has 0 aliphatic heterocycles. The van der Waals surface area contributed by atoms with E-state index in [1.165, 1.54) is 0 Å². The van der Waals surface area contributed by atoms with Crippen molar-refractivity contribution in [2.24, 2.45) is 0 Å². The summed E-state index contributed by atoms with van der Waals surface area (Å²) in [5, 5.41) is 21.4. The number of aliphatic hydroxyl groups is 1. The molecule has 5 rings (SSSR count). The first-order valence-corrected chi connectivity index (χ1v) is 14.3. The monoisotopic (exact) mass is 657 g/mol. The fourth-order valence-electron chi connectivity index (χ4n) is 4.42. The number of nitrogens with one attached hydrogen (secondary N) is 1. The van der Waals surface area contributed by atoms with Crippen molar-refractivity contribution in [3.63, 3.8) is 0 Å². The second kappa shape index (κ2) is 15.7. The third kappa shape index (κ3) is 7.99. The SMILES string of the molecule is CCOC(=O)[C@@H](CO)NCc1cc(Cl)c(OCc2cccc(-c3ccccc3)c2Cl)cc1OCc1ccc2nonc2c1.Cl. The summed E-state index contributed by atoms with van der Waals surface area (Å²) in [4.78, 5) is 12.2. The number of ether oxygens (including phenoxy) is 3. The number of aliphatic hydroxyl groups excluding tert-OH is 1. The van der Waals surface area contributed by atoms with Gasteiger partial charge < -0.3 is 19.3 Å². The molecule has 0 saturated heterocycles. The van der Waals surface area contributed by atoms with E-state index in [1.54, 1.807) is 25.1 Å². The molecule has 1 atom stereocenters. The number of hydrogen-bond donors (Lipinski definition) is 2. The lowest BCUT2D eigenvalue weighted by Crippen LogP contribution is -2.40. The molecule has 44 heavy (non-hydrogen) atoms. The Hall–Kier alpha value is -3.86. The van der Waals surface area contributed by atoms with Crippen molar-refractivity contribution in [1.29, 1.82) is 0 Å². The van der Waals surface area contributed by atoms with Crippen molar-refractivity contribution in [3.8, 4) is 22.6 Å². The van der Waals surface area contributed by atoms with Crippen molar-refractivity contribution in [2.45, 2.75) is 32.7 Å². The Kier molecular flexibility index (Phi) is 11.8. The van der Waals surface area contributed by atoms with Crippen LogP contribution in [-0.4, -0.2) is 40.6 Å². The van der Waals surface area contributed by atoms with Crippen LogP contribution >= 0.6 is 35.6 Å². The molecule has 0 radical (unpaired) electrons. The average Bonchev–Trinajstić information content (AvgIpc) is 3.49. The summed E-state index contributed by atoms with van der Waals surface area (Å²) < 4.78 is 22.2. The first kappa shape index (κ1) is 33.0. The van der Waals surface area contributed by atoms with Crippen molar-refractivity contribution >= 4 is 52.6 Å². The number of carbonyl (C=O) groups excluding carboxylic acids is 1. The standard InChI is InChI=1S/C32H29Cl2N3O6.ClH/c1-2-40-32(39)28(17-38)35-16-23-14-25(33)30(15-29(23)41-18-20-11-12-26-27(13-20)37-43-36-26)42-19-22-9-6-10-24(31(22)34)21-7-4-3-5-8-21;/h3-15,28,35,38H,2,16-19H2,1H3;1H/t28-;/m1./s1. The van der Waals surface area contributed by atoms with E-state index in [1.807, 2.05) is 60.7 Å². The fraction of sp³-hybridized carbons (Fsp3) is 0.219. The molecular weight excluding hydrogens is 629 g/mol. The minimum Gasteiger partial charge on any atom is -0.488 e. The third-order valence-corrected chi connectivity index (χ3v) is 7.41. The maximum atomic E-state index is 12.2. The van der Waals surface area contributed by atoms with Gasteiger partial charge in [-0.05, 0) is 46.6 Å². The smallest absolute Gasteiger partial charge is 0.325 e. The summed E-state index contributed by atoms with van der Waals surface area (Å²) >= 11 is 13.4. The number of nitrogens with zero attached hydrogens (tertiary/aromatic N) is 2. The van der Waals surface area contributed by atoms with E-state index in [0.29, 0.717) is 38.1 Å². The highest BCUT2D eigenvalue weighted by molar-refractivity contribution is 6.34. The van der Waals surface area contributed by atoms with Gasteiger partial charge in [0.2, 0.25) is 0 Å². The van der Waals surface area contributed by atoms with Crippen LogP contribution in [0.3, 0.4) is 0 Å². The molecule has 9 nitrogen and oxygen atoms in total. The largest absolute Gasteiger partial charge is 0.488 e. The second-order valence-electron chi connectivity index (χ2n) is 9.57. The molecule has 0 unspecified atom stereocenters. The summed E-state index contributed by atoms with van der Waals surface area (Å²) in [5.41, 5.74) is 5.43. The zero-order chi connectivity index (χ0) is 30.2. The van der Waals surface area contributed by atoms with Gasteiger partial charge in [0.05, 0.1) is 23.3 Å². The zero-order valence-electron chi connectivity index (χ0n) is 23.7. The maximum Gasteiger partial charge on any atom is 0.325 e. The summed E-state index contributed by atoms with van der Waals surface area (Å²) in [7, 11) is 0. The number of carbonyl (C=O) groups is 1. The van der Waals surface area contributed by atoms with E-state index < -0.39 is 18.6 Å². The van der Waals surface area contributed by atoms with Gasteiger partial charge in [-0.1, -0.05) is 77.8 Å². The molecule has 0 amide bonds. The Morgan fingerprint density at radius 3 is 2.45 bits per heavy atom. The van der Waals surface area contributed by atoms with Gasteiger partial charge in [0.1, 0.15) is 41.8 Å². The Balaban J connectivity index is 0.00000442. The van der Waals surface area contributed by atoms with Crippen molar-refractivity contribution in [2.75, 3.05) is 13.2 Å². The molecule has 0 aliphatic rings. The predicted molar refractivity (Wildman–Crippen MR) is 170 cm³/mol. The van der Waals surface area contributed by atoms with Crippen LogP contribution < -0.4 is 14.8 Å². The summed E-state index contributed by atoms with van der Waals surface area (Å²) in [6.45, 7) is 2.00. The van der Waals surface area contributed by atoms with Gasteiger partial charge in [-0.15, -0.1) is 12.4 Å². The Labute approximate surface area is 270 Å². The Morgan fingerprint density at radius 1 is 0.909 bits per heavy atom. The van der Waals surface area contributed by atoms with E-state index in [9.17, 15) is 9.90 Å². The van der Waals surface area contributed by atoms with Crippen LogP contribution in [0.2, 0.25) is 10.0 Å². The fourth-order valence-corrected chi connectivity index (χ4v) is 4.95. The van der Waals surface area contributed by atoms with Crippen LogP contribution in [-0.2, 0) is 29.3 Å². The molecule has 0 bridgehead atoms. The molecule has 0 saturated carbocycles.